The van der Waals surface area contributed by atoms with Crippen LogP contribution >= 0.6 is 34.2 Å². The van der Waals surface area contributed by atoms with Crippen molar-refractivity contribution >= 4 is 34.2 Å². The van der Waals surface area contributed by atoms with Crippen molar-refractivity contribution < 1.29 is 0 Å². The smallest absolute Gasteiger partial charge is 0.129 e. The lowest BCUT2D eigenvalue weighted by atomic mass is 10.1. The molecule has 0 aromatic carbocycles. The number of hydrogen-bond acceptors (Lipinski definition) is 2. The van der Waals surface area contributed by atoms with Gasteiger partial charge in [0.05, 0.1) is 11.4 Å². The molecule has 0 bridgehead atoms. The van der Waals surface area contributed by atoms with E-state index in [1.807, 2.05) is 25.3 Å². The molecule has 2 aromatic rings. The topological polar surface area (TPSA) is 25.8 Å². The van der Waals surface area contributed by atoms with Crippen LogP contribution in [0.4, 0.5) is 0 Å². The number of nitrogens with zero attached hydrogens (tertiary/aromatic N) is 2. The Morgan fingerprint density at radius 1 is 1.38 bits per heavy atom. The number of hydrogen-bond donors (Lipinski definition) is 0. The molecule has 2 aromatic heterocycles. The van der Waals surface area contributed by atoms with Crippen molar-refractivity contribution in [2.45, 2.75) is 11.4 Å². The molecule has 2 nitrogen and oxygen atoms in total. The maximum absolute atomic E-state index is 5.88. The van der Waals surface area contributed by atoms with Gasteiger partial charge in [-0.05, 0) is 30.2 Å². The summed E-state index contributed by atoms with van der Waals surface area (Å²) < 4.78 is 0.913. The Morgan fingerprint density at radius 3 is 2.88 bits per heavy atom. The third-order valence-electron chi connectivity index (χ3n) is 2.21. The molecule has 0 saturated heterocycles. The van der Waals surface area contributed by atoms with Crippen molar-refractivity contribution in [1.29, 1.82) is 0 Å². The van der Waals surface area contributed by atoms with Crippen LogP contribution in [0.1, 0.15) is 11.1 Å². The van der Waals surface area contributed by atoms with Gasteiger partial charge < -0.3 is 0 Å². The van der Waals surface area contributed by atoms with Crippen LogP contribution in [0, 0.1) is 6.92 Å². The molecule has 0 N–H and O–H groups in total. The van der Waals surface area contributed by atoms with Gasteiger partial charge in [0.2, 0.25) is 0 Å². The summed E-state index contributed by atoms with van der Waals surface area (Å²) in [5, 5.41) is 0.499. The monoisotopic (exact) mass is 344 g/mol. The van der Waals surface area contributed by atoms with E-state index in [0.29, 0.717) is 5.15 Å². The Labute approximate surface area is 113 Å². The molecule has 0 radical (unpaired) electrons. The van der Waals surface area contributed by atoms with Crippen LogP contribution in [0.5, 0.6) is 0 Å². The van der Waals surface area contributed by atoms with E-state index in [4.69, 9.17) is 11.6 Å². The molecule has 0 aliphatic carbocycles. The van der Waals surface area contributed by atoms with Gasteiger partial charge in [0.1, 0.15) is 5.15 Å². The summed E-state index contributed by atoms with van der Waals surface area (Å²) in [6.45, 7) is 2.04. The van der Waals surface area contributed by atoms with Crippen molar-refractivity contribution in [2.75, 3.05) is 0 Å². The molecular weight excluding hydrogens is 335 g/mol. The highest BCUT2D eigenvalue weighted by molar-refractivity contribution is 14.1. The molecule has 0 aliphatic heterocycles. The van der Waals surface area contributed by atoms with E-state index < -0.39 is 0 Å². The fourth-order valence-electron chi connectivity index (χ4n) is 1.50. The van der Waals surface area contributed by atoms with Crippen LogP contribution in [0.15, 0.2) is 30.5 Å². The number of rotatable bonds is 2. The summed E-state index contributed by atoms with van der Waals surface area (Å²) in [7, 11) is 0. The van der Waals surface area contributed by atoms with Gasteiger partial charge in [-0.15, -0.1) is 0 Å². The van der Waals surface area contributed by atoms with E-state index in [0.717, 1.165) is 21.4 Å². The van der Waals surface area contributed by atoms with Crippen molar-refractivity contribution in [3.05, 3.63) is 46.7 Å². The Hall–Kier alpha value is -0.680. The van der Waals surface area contributed by atoms with E-state index >= 15 is 0 Å². The summed E-state index contributed by atoms with van der Waals surface area (Å²) in [5.74, 6) is 0. The summed E-state index contributed by atoms with van der Waals surface area (Å²) >= 11 is 8.21. The maximum Gasteiger partial charge on any atom is 0.129 e. The molecule has 0 aliphatic rings. The average Bonchev–Trinajstić information content (AvgIpc) is 2.28. The Balaban J connectivity index is 2.55. The number of halogens is 2. The molecule has 82 valence electrons. The second-order valence-electron chi connectivity index (χ2n) is 3.50. The average molecular weight is 345 g/mol. The molecule has 0 fully saturated rings. The third kappa shape index (κ3) is 2.52. The number of alkyl halides is 1. The normalized spacial score (nSPS) is 10.4. The minimum Gasteiger partial charge on any atom is -0.254 e. The fourth-order valence-corrected chi connectivity index (χ4v) is 2.25. The molecule has 0 spiro atoms. The first-order chi connectivity index (χ1) is 7.70. The summed E-state index contributed by atoms with van der Waals surface area (Å²) in [6, 6.07) is 7.73. The SMILES string of the molecule is Cc1cnc(-c2cccc(Cl)n2)c(CI)c1. The molecule has 0 atom stereocenters. The van der Waals surface area contributed by atoms with Crippen molar-refractivity contribution in [3.8, 4) is 11.4 Å². The first-order valence-electron chi connectivity index (χ1n) is 4.85. The van der Waals surface area contributed by atoms with E-state index in [1.54, 1.807) is 6.07 Å². The Bertz CT molecular complexity index is 514. The van der Waals surface area contributed by atoms with Crippen molar-refractivity contribution in [2.24, 2.45) is 0 Å². The van der Waals surface area contributed by atoms with Crippen LogP contribution in [-0.2, 0) is 4.43 Å². The van der Waals surface area contributed by atoms with E-state index in [1.165, 1.54) is 5.56 Å². The van der Waals surface area contributed by atoms with Gasteiger partial charge in [0, 0.05) is 10.6 Å². The lowest BCUT2D eigenvalue weighted by Crippen LogP contribution is -1.94. The van der Waals surface area contributed by atoms with Gasteiger partial charge in [-0.2, -0.15) is 0 Å². The molecule has 0 saturated carbocycles. The highest BCUT2D eigenvalue weighted by Crippen LogP contribution is 2.23. The van der Waals surface area contributed by atoms with Crippen LogP contribution in [0.2, 0.25) is 5.15 Å². The predicted octanol–water partition coefficient (Wildman–Crippen LogP) is 4.04. The molecule has 4 heteroatoms. The zero-order valence-electron chi connectivity index (χ0n) is 8.74. The standard InChI is InChI=1S/C12H10ClIN2/c1-8-5-9(6-14)12(15-7-8)10-3-2-4-11(13)16-10/h2-5,7H,6H2,1H3. The van der Waals surface area contributed by atoms with E-state index in [-0.39, 0.29) is 0 Å². The van der Waals surface area contributed by atoms with Crippen molar-refractivity contribution in [3.63, 3.8) is 0 Å². The van der Waals surface area contributed by atoms with Crippen LogP contribution in [0.25, 0.3) is 11.4 Å². The minimum atomic E-state index is 0.499. The zero-order valence-corrected chi connectivity index (χ0v) is 11.7. The lowest BCUT2D eigenvalue weighted by Gasteiger charge is -2.06. The molecule has 0 unspecified atom stereocenters. The second-order valence-corrected chi connectivity index (χ2v) is 4.65. The Morgan fingerprint density at radius 2 is 2.19 bits per heavy atom. The lowest BCUT2D eigenvalue weighted by molar-refractivity contribution is 1.18. The van der Waals surface area contributed by atoms with Gasteiger partial charge in [0.25, 0.3) is 0 Å². The molecule has 2 rings (SSSR count). The van der Waals surface area contributed by atoms with Gasteiger partial charge in [-0.25, -0.2) is 4.98 Å². The third-order valence-corrected chi connectivity index (χ3v) is 3.24. The van der Waals surface area contributed by atoms with Gasteiger partial charge in [0.15, 0.2) is 0 Å². The number of aromatic nitrogens is 2. The summed E-state index contributed by atoms with van der Waals surface area (Å²) in [4.78, 5) is 8.72. The van der Waals surface area contributed by atoms with Crippen LogP contribution in [0.3, 0.4) is 0 Å². The quantitative estimate of drug-likeness (QED) is 0.467. The van der Waals surface area contributed by atoms with E-state index in [9.17, 15) is 0 Å². The van der Waals surface area contributed by atoms with Crippen LogP contribution < -0.4 is 0 Å². The zero-order chi connectivity index (χ0) is 11.5. The predicted molar refractivity (Wildman–Crippen MR) is 74.9 cm³/mol. The van der Waals surface area contributed by atoms with Gasteiger partial charge >= 0.3 is 0 Å². The largest absolute Gasteiger partial charge is 0.254 e. The van der Waals surface area contributed by atoms with Gasteiger partial charge in [-0.1, -0.05) is 46.3 Å². The highest BCUT2D eigenvalue weighted by atomic mass is 127. The highest BCUT2D eigenvalue weighted by Gasteiger charge is 2.07. The molecular formula is C12H10ClIN2. The Kier molecular flexibility index (Phi) is 3.76. The first kappa shape index (κ1) is 11.8. The summed E-state index contributed by atoms with van der Waals surface area (Å²) in [6.07, 6.45) is 1.85. The van der Waals surface area contributed by atoms with Crippen molar-refractivity contribution in [1.82, 2.24) is 9.97 Å². The minimum absolute atomic E-state index is 0.499. The number of pyridine rings is 2. The second kappa shape index (κ2) is 5.10. The molecule has 2 heterocycles. The van der Waals surface area contributed by atoms with E-state index in [2.05, 4.69) is 38.6 Å². The fraction of sp³-hybridized carbons (Fsp3) is 0.167. The first-order valence-corrected chi connectivity index (χ1v) is 6.75. The van der Waals surface area contributed by atoms with Crippen LogP contribution in [-0.4, -0.2) is 9.97 Å². The maximum atomic E-state index is 5.88. The van der Waals surface area contributed by atoms with Gasteiger partial charge in [-0.3, -0.25) is 4.98 Å². The molecule has 16 heavy (non-hydrogen) atoms. The number of aryl methyl sites for hydroxylation is 1. The summed E-state index contributed by atoms with van der Waals surface area (Å²) in [5.41, 5.74) is 4.11. The molecule has 0 amide bonds.